The second-order valence-corrected chi connectivity index (χ2v) is 3.51. The first-order valence-electron chi connectivity index (χ1n) is 4.23. The van der Waals surface area contributed by atoms with E-state index in [2.05, 4.69) is 30.7 Å². The lowest BCUT2D eigenvalue weighted by molar-refractivity contribution is 0.590. The Balaban J connectivity index is 2.81. The van der Waals surface area contributed by atoms with Crippen LogP contribution in [0.1, 0.15) is 31.4 Å². The van der Waals surface area contributed by atoms with Crippen LogP contribution in [0.15, 0.2) is 12.4 Å². The molecule has 4 heteroatoms. The minimum Gasteiger partial charge on any atom is -0.255 e. The molecule has 0 saturated carbocycles. The molecule has 0 aliphatic rings. The topological polar surface area (TPSA) is 41.6 Å². The highest BCUT2D eigenvalue weighted by atomic mass is 32.1. The van der Waals surface area contributed by atoms with E-state index in [4.69, 9.17) is 5.26 Å². The van der Waals surface area contributed by atoms with E-state index in [1.807, 2.05) is 13.1 Å². The van der Waals surface area contributed by atoms with Gasteiger partial charge in [0.25, 0.3) is 0 Å². The maximum absolute atomic E-state index is 8.67. The number of hydrogen-bond donors (Lipinski definition) is 1. The molecule has 0 aromatic carbocycles. The summed E-state index contributed by atoms with van der Waals surface area (Å²) < 4.78 is 1.68. The fourth-order valence-electron chi connectivity index (χ4n) is 0.984. The number of nitrogens with zero attached hydrogens (tertiary/aromatic N) is 3. The van der Waals surface area contributed by atoms with Crippen LogP contribution in [-0.2, 0) is 0 Å². The van der Waals surface area contributed by atoms with E-state index < -0.39 is 0 Å². The second kappa shape index (κ2) is 4.33. The largest absolute Gasteiger partial charge is 0.255 e. The van der Waals surface area contributed by atoms with Crippen LogP contribution in [0.4, 0.5) is 0 Å². The molecule has 0 saturated heterocycles. The zero-order chi connectivity index (χ0) is 9.84. The van der Waals surface area contributed by atoms with Crippen LogP contribution in [-0.4, -0.2) is 15.5 Å². The Hall–Kier alpha value is -0.950. The molecule has 1 rings (SSSR count). The number of nitriles is 1. The fourth-order valence-corrected chi connectivity index (χ4v) is 1.19. The van der Waals surface area contributed by atoms with Gasteiger partial charge in [-0.15, -0.1) is 0 Å². The van der Waals surface area contributed by atoms with Crippen molar-refractivity contribution < 1.29 is 0 Å². The smallest absolute Gasteiger partial charge is 0.135 e. The van der Waals surface area contributed by atoms with Crippen molar-refractivity contribution in [3.63, 3.8) is 0 Å². The van der Waals surface area contributed by atoms with Crippen LogP contribution < -0.4 is 0 Å². The van der Waals surface area contributed by atoms with Gasteiger partial charge >= 0.3 is 0 Å². The summed E-state index contributed by atoms with van der Waals surface area (Å²) in [5, 5.41) is 12.8. The van der Waals surface area contributed by atoms with Crippen molar-refractivity contribution in [1.29, 1.82) is 5.26 Å². The van der Waals surface area contributed by atoms with Gasteiger partial charge in [-0.1, -0.05) is 6.92 Å². The molecule has 0 fully saturated rings. The van der Waals surface area contributed by atoms with Gasteiger partial charge in [0.05, 0.1) is 12.3 Å². The van der Waals surface area contributed by atoms with Crippen LogP contribution in [0.25, 0.3) is 0 Å². The summed E-state index contributed by atoms with van der Waals surface area (Å²) in [5.41, 5.74) is 1.14. The SMILES string of the molecule is CC(CS)c1cnn(C(C)C#N)c1. The van der Waals surface area contributed by atoms with Crippen molar-refractivity contribution >= 4 is 12.6 Å². The Labute approximate surface area is 83.8 Å². The molecular weight excluding hydrogens is 182 g/mol. The molecule has 1 aromatic rings. The standard InChI is InChI=1S/C9H13N3S/c1-7(6-13)9-4-11-12(5-9)8(2)3-10/h4-5,7-8,13H,6H2,1-2H3. The van der Waals surface area contributed by atoms with Crippen LogP contribution in [0.5, 0.6) is 0 Å². The Morgan fingerprint density at radius 3 is 2.92 bits per heavy atom. The number of rotatable bonds is 3. The van der Waals surface area contributed by atoms with Crippen molar-refractivity contribution in [2.75, 3.05) is 5.75 Å². The molecule has 0 amide bonds. The Bertz CT molecular complexity index is 313. The van der Waals surface area contributed by atoms with Gasteiger partial charge in [0.15, 0.2) is 0 Å². The third-order valence-electron chi connectivity index (χ3n) is 2.05. The van der Waals surface area contributed by atoms with Crippen LogP contribution in [0.2, 0.25) is 0 Å². The molecule has 0 radical (unpaired) electrons. The molecule has 13 heavy (non-hydrogen) atoms. The molecule has 0 N–H and O–H groups in total. The highest BCUT2D eigenvalue weighted by Gasteiger charge is 2.08. The van der Waals surface area contributed by atoms with E-state index in [1.165, 1.54) is 0 Å². The van der Waals surface area contributed by atoms with Crippen LogP contribution in [0.3, 0.4) is 0 Å². The molecule has 2 atom stereocenters. The summed E-state index contributed by atoms with van der Waals surface area (Å²) in [4.78, 5) is 0. The normalized spacial score (nSPS) is 14.9. The molecule has 0 spiro atoms. The van der Waals surface area contributed by atoms with E-state index in [0.717, 1.165) is 11.3 Å². The lowest BCUT2D eigenvalue weighted by Gasteiger charge is -2.03. The van der Waals surface area contributed by atoms with Gasteiger partial charge in [-0.05, 0) is 24.2 Å². The summed E-state index contributed by atoms with van der Waals surface area (Å²) in [6.45, 7) is 3.91. The molecule has 0 aliphatic heterocycles. The highest BCUT2D eigenvalue weighted by molar-refractivity contribution is 7.80. The van der Waals surface area contributed by atoms with Crippen molar-refractivity contribution in [2.45, 2.75) is 25.8 Å². The monoisotopic (exact) mass is 195 g/mol. The van der Waals surface area contributed by atoms with Gasteiger partial charge in [-0.3, -0.25) is 4.68 Å². The van der Waals surface area contributed by atoms with Crippen LogP contribution in [0, 0.1) is 11.3 Å². The first-order chi connectivity index (χ1) is 6.19. The van der Waals surface area contributed by atoms with E-state index in [-0.39, 0.29) is 6.04 Å². The fraction of sp³-hybridized carbons (Fsp3) is 0.556. The van der Waals surface area contributed by atoms with Gasteiger partial charge < -0.3 is 0 Å². The van der Waals surface area contributed by atoms with Gasteiger partial charge in [0.1, 0.15) is 6.04 Å². The number of thiol groups is 1. The predicted octanol–water partition coefficient (Wildman–Crippen LogP) is 2.00. The minimum absolute atomic E-state index is 0.194. The third kappa shape index (κ3) is 2.25. The summed E-state index contributed by atoms with van der Waals surface area (Å²) in [5.74, 6) is 1.19. The van der Waals surface area contributed by atoms with E-state index in [1.54, 1.807) is 10.9 Å². The first kappa shape index (κ1) is 10.1. The van der Waals surface area contributed by atoms with E-state index in [0.29, 0.717) is 5.92 Å². The maximum atomic E-state index is 8.67. The second-order valence-electron chi connectivity index (χ2n) is 3.14. The van der Waals surface area contributed by atoms with E-state index in [9.17, 15) is 0 Å². The van der Waals surface area contributed by atoms with Crippen LogP contribution >= 0.6 is 12.6 Å². The molecule has 2 unspecified atom stereocenters. The summed E-state index contributed by atoms with van der Waals surface area (Å²) in [6, 6.07) is 1.94. The average molecular weight is 195 g/mol. The molecule has 3 nitrogen and oxygen atoms in total. The van der Waals surface area contributed by atoms with E-state index >= 15 is 0 Å². The average Bonchev–Trinajstić information content (AvgIpc) is 2.64. The minimum atomic E-state index is -0.194. The van der Waals surface area contributed by atoms with Gasteiger partial charge in [-0.2, -0.15) is 23.0 Å². The summed E-state index contributed by atoms with van der Waals surface area (Å²) >= 11 is 4.21. The lowest BCUT2D eigenvalue weighted by atomic mass is 10.1. The predicted molar refractivity (Wildman–Crippen MR) is 54.8 cm³/mol. The Morgan fingerprint density at radius 1 is 1.69 bits per heavy atom. The van der Waals surface area contributed by atoms with Gasteiger partial charge in [-0.25, -0.2) is 0 Å². The zero-order valence-electron chi connectivity index (χ0n) is 7.81. The quantitative estimate of drug-likeness (QED) is 0.749. The molecule has 70 valence electrons. The summed E-state index contributed by atoms with van der Waals surface area (Å²) in [6.07, 6.45) is 3.71. The molecular formula is C9H13N3S. The lowest BCUT2D eigenvalue weighted by Crippen LogP contribution is -2.02. The van der Waals surface area contributed by atoms with Gasteiger partial charge in [0, 0.05) is 6.20 Å². The van der Waals surface area contributed by atoms with Crippen molar-refractivity contribution in [3.05, 3.63) is 18.0 Å². The van der Waals surface area contributed by atoms with Gasteiger partial charge in [0.2, 0.25) is 0 Å². The first-order valence-corrected chi connectivity index (χ1v) is 4.86. The highest BCUT2D eigenvalue weighted by Crippen LogP contribution is 2.16. The Kier molecular flexibility index (Phi) is 3.38. The zero-order valence-corrected chi connectivity index (χ0v) is 8.70. The Morgan fingerprint density at radius 2 is 2.38 bits per heavy atom. The molecule has 0 aliphatic carbocycles. The third-order valence-corrected chi connectivity index (χ3v) is 2.60. The molecule has 1 heterocycles. The van der Waals surface area contributed by atoms with Crippen molar-refractivity contribution in [3.8, 4) is 6.07 Å². The van der Waals surface area contributed by atoms with Crippen molar-refractivity contribution in [1.82, 2.24) is 9.78 Å². The molecule has 1 aromatic heterocycles. The number of hydrogen-bond acceptors (Lipinski definition) is 3. The maximum Gasteiger partial charge on any atom is 0.135 e. The molecule has 0 bridgehead atoms. The van der Waals surface area contributed by atoms with Crippen molar-refractivity contribution in [2.24, 2.45) is 0 Å². The summed E-state index contributed by atoms with van der Waals surface area (Å²) in [7, 11) is 0. The number of aromatic nitrogens is 2.